The van der Waals surface area contributed by atoms with Crippen molar-refractivity contribution in [3.8, 4) is 0 Å². The molecule has 0 saturated carbocycles. The second-order valence-electron chi connectivity index (χ2n) is 4.52. The van der Waals surface area contributed by atoms with Gasteiger partial charge in [-0.15, -0.1) is 5.10 Å². The zero-order chi connectivity index (χ0) is 12.6. The number of halogens is 1. The number of hydrogen-bond donors (Lipinski definition) is 0. The number of nitrogens with zero attached hydrogens (tertiary/aromatic N) is 6. The van der Waals surface area contributed by atoms with E-state index in [1.54, 1.807) is 20.8 Å². The first-order chi connectivity index (χ1) is 7.91. The molecular weight excluding hydrogens is 227 g/mol. The Hall–Kier alpha value is -2.12. The Morgan fingerprint density at radius 3 is 2.59 bits per heavy atom. The van der Waals surface area contributed by atoms with Crippen LogP contribution in [0.5, 0.6) is 0 Å². The van der Waals surface area contributed by atoms with Crippen molar-refractivity contribution >= 4 is 6.03 Å². The zero-order valence-electron chi connectivity index (χ0n) is 9.62. The summed E-state index contributed by atoms with van der Waals surface area (Å²) in [5, 5.41) is 13.8. The van der Waals surface area contributed by atoms with Gasteiger partial charge < -0.3 is 0 Å². The smallest absolute Gasteiger partial charge is 0.243 e. The molecular formula is C9H11FN6O. The minimum Gasteiger partial charge on any atom is -0.243 e. The summed E-state index contributed by atoms with van der Waals surface area (Å²) >= 11 is 0. The van der Waals surface area contributed by atoms with Crippen molar-refractivity contribution in [3.63, 3.8) is 0 Å². The largest absolute Gasteiger partial charge is 0.372 e. The molecule has 0 aromatic carbocycles. The Labute approximate surface area is 96.2 Å². The van der Waals surface area contributed by atoms with E-state index in [9.17, 15) is 9.18 Å². The van der Waals surface area contributed by atoms with Gasteiger partial charge in [0.15, 0.2) is 0 Å². The number of carbonyl (C=O) groups is 1. The summed E-state index contributed by atoms with van der Waals surface area (Å²) in [5.74, 6) is -0.758. The minimum absolute atomic E-state index is 0.109. The van der Waals surface area contributed by atoms with E-state index in [1.165, 1.54) is 12.4 Å². The van der Waals surface area contributed by atoms with E-state index < -0.39 is 17.4 Å². The highest BCUT2D eigenvalue weighted by Gasteiger charge is 2.29. The summed E-state index contributed by atoms with van der Waals surface area (Å²) < 4.78 is 15.4. The van der Waals surface area contributed by atoms with Gasteiger partial charge in [-0.05, 0) is 0 Å². The van der Waals surface area contributed by atoms with Crippen LogP contribution < -0.4 is 0 Å². The molecule has 0 aliphatic carbocycles. The fourth-order valence-corrected chi connectivity index (χ4v) is 1.43. The molecule has 2 heterocycles. The van der Waals surface area contributed by atoms with Crippen LogP contribution in [-0.2, 0) is 5.41 Å². The van der Waals surface area contributed by atoms with Crippen LogP contribution >= 0.6 is 0 Å². The summed E-state index contributed by atoms with van der Waals surface area (Å²) in [5.41, 5.74) is -0.484. The van der Waals surface area contributed by atoms with Crippen molar-refractivity contribution in [2.75, 3.05) is 0 Å². The molecule has 0 saturated heterocycles. The molecule has 0 aliphatic rings. The minimum atomic E-state index is -0.758. The lowest BCUT2D eigenvalue weighted by molar-refractivity contribution is 0.235. The molecule has 2 aromatic rings. The predicted octanol–water partition coefficient (Wildman–Crippen LogP) is 0.823. The standard InChI is InChI=1S/C9H11FN6O/c1-9(2,3)6-7(10)12-14-16(6)8(17)15-5-4-11-13-15/h4-5H,1-3H3. The third kappa shape index (κ3) is 1.93. The molecule has 7 nitrogen and oxygen atoms in total. The number of carbonyl (C=O) groups excluding carboxylic acids is 1. The van der Waals surface area contributed by atoms with Gasteiger partial charge in [-0.3, -0.25) is 0 Å². The van der Waals surface area contributed by atoms with E-state index in [0.717, 1.165) is 9.36 Å². The Morgan fingerprint density at radius 2 is 2.06 bits per heavy atom. The quantitative estimate of drug-likeness (QED) is 0.679. The van der Waals surface area contributed by atoms with Crippen LogP contribution in [0.4, 0.5) is 9.18 Å². The molecule has 17 heavy (non-hydrogen) atoms. The first-order valence-electron chi connectivity index (χ1n) is 4.94. The van der Waals surface area contributed by atoms with Gasteiger partial charge in [0.2, 0.25) is 0 Å². The Kier molecular flexibility index (Phi) is 2.49. The Balaban J connectivity index is 2.51. The predicted molar refractivity (Wildman–Crippen MR) is 54.9 cm³/mol. The van der Waals surface area contributed by atoms with Crippen LogP contribution in [0.2, 0.25) is 0 Å². The van der Waals surface area contributed by atoms with E-state index in [4.69, 9.17) is 0 Å². The normalized spacial score (nSPS) is 11.8. The monoisotopic (exact) mass is 238 g/mol. The molecule has 8 heteroatoms. The summed E-state index contributed by atoms with van der Waals surface area (Å²) in [6.07, 6.45) is 2.70. The van der Waals surface area contributed by atoms with E-state index in [2.05, 4.69) is 20.6 Å². The topological polar surface area (TPSA) is 78.5 Å². The van der Waals surface area contributed by atoms with E-state index in [0.29, 0.717) is 0 Å². The van der Waals surface area contributed by atoms with Crippen LogP contribution in [0.25, 0.3) is 0 Å². The summed E-state index contributed by atoms with van der Waals surface area (Å²) in [6.45, 7) is 5.29. The number of hydrogen-bond acceptors (Lipinski definition) is 5. The molecule has 2 rings (SSSR count). The van der Waals surface area contributed by atoms with Gasteiger partial charge in [-0.1, -0.05) is 36.3 Å². The summed E-state index contributed by atoms with van der Waals surface area (Å²) in [7, 11) is 0. The van der Waals surface area contributed by atoms with Crippen molar-refractivity contribution in [3.05, 3.63) is 24.0 Å². The molecule has 0 radical (unpaired) electrons. The number of rotatable bonds is 0. The maximum atomic E-state index is 13.5. The fraction of sp³-hybridized carbons (Fsp3) is 0.444. The van der Waals surface area contributed by atoms with Crippen molar-refractivity contribution < 1.29 is 9.18 Å². The van der Waals surface area contributed by atoms with Gasteiger partial charge in [0.25, 0.3) is 5.95 Å². The summed E-state index contributed by atoms with van der Waals surface area (Å²) in [6, 6.07) is -0.621. The van der Waals surface area contributed by atoms with E-state index >= 15 is 0 Å². The van der Waals surface area contributed by atoms with Gasteiger partial charge in [0.05, 0.1) is 12.4 Å². The molecule has 0 amide bonds. The van der Waals surface area contributed by atoms with Crippen molar-refractivity contribution in [1.29, 1.82) is 0 Å². The highest BCUT2D eigenvalue weighted by atomic mass is 19.1. The third-order valence-electron chi connectivity index (χ3n) is 2.14. The lowest BCUT2D eigenvalue weighted by atomic mass is 9.92. The summed E-state index contributed by atoms with van der Waals surface area (Å²) in [4.78, 5) is 11.9. The zero-order valence-corrected chi connectivity index (χ0v) is 9.62. The molecule has 0 N–H and O–H groups in total. The third-order valence-corrected chi connectivity index (χ3v) is 2.14. The molecule has 90 valence electrons. The maximum absolute atomic E-state index is 13.5. The number of aromatic nitrogens is 6. The molecule has 0 unspecified atom stereocenters. The molecule has 0 aliphatic heterocycles. The SMILES string of the molecule is CC(C)(C)c1c(F)nnn1C(=O)n1ccnn1. The van der Waals surface area contributed by atoms with Gasteiger partial charge in [-0.25, -0.2) is 4.79 Å². The molecule has 0 bridgehead atoms. The highest BCUT2D eigenvalue weighted by Crippen LogP contribution is 2.23. The van der Waals surface area contributed by atoms with E-state index in [-0.39, 0.29) is 5.69 Å². The van der Waals surface area contributed by atoms with Gasteiger partial charge in [-0.2, -0.15) is 13.8 Å². The first kappa shape index (κ1) is 11.4. The van der Waals surface area contributed by atoms with Gasteiger partial charge in [0.1, 0.15) is 5.69 Å². The fourth-order valence-electron chi connectivity index (χ4n) is 1.43. The highest BCUT2D eigenvalue weighted by molar-refractivity contribution is 5.77. The molecule has 0 fully saturated rings. The second-order valence-corrected chi connectivity index (χ2v) is 4.52. The molecule has 0 spiro atoms. The maximum Gasteiger partial charge on any atom is 0.372 e. The average Bonchev–Trinajstić information content (AvgIpc) is 2.83. The first-order valence-corrected chi connectivity index (χ1v) is 4.94. The second kappa shape index (κ2) is 3.72. The Bertz CT molecular complexity index is 538. The average molecular weight is 238 g/mol. The van der Waals surface area contributed by atoms with E-state index in [1.807, 2.05) is 0 Å². The van der Waals surface area contributed by atoms with Crippen LogP contribution in [0, 0.1) is 5.95 Å². The van der Waals surface area contributed by atoms with Crippen LogP contribution in [-0.4, -0.2) is 36.0 Å². The Morgan fingerprint density at radius 1 is 1.35 bits per heavy atom. The lowest BCUT2D eigenvalue weighted by Crippen LogP contribution is -2.28. The van der Waals surface area contributed by atoms with Crippen molar-refractivity contribution in [2.24, 2.45) is 0 Å². The lowest BCUT2D eigenvalue weighted by Gasteiger charge is -2.17. The molecule has 0 atom stereocenters. The van der Waals surface area contributed by atoms with Crippen molar-refractivity contribution in [1.82, 2.24) is 30.0 Å². The van der Waals surface area contributed by atoms with Crippen molar-refractivity contribution in [2.45, 2.75) is 26.2 Å². The van der Waals surface area contributed by atoms with Gasteiger partial charge in [0, 0.05) is 5.41 Å². The van der Waals surface area contributed by atoms with Crippen LogP contribution in [0.1, 0.15) is 26.5 Å². The van der Waals surface area contributed by atoms with Gasteiger partial charge >= 0.3 is 6.03 Å². The van der Waals surface area contributed by atoms with Crippen LogP contribution in [0.3, 0.4) is 0 Å². The molecule has 2 aromatic heterocycles. The van der Waals surface area contributed by atoms with Crippen LogP contribution in [0.15, 0.2) is 12.4 Å².